The predicted molar refractivity (Wildman–Crippen MR) is 115 cm³/mol. The number of ether oxygens (including phenoxy) is 2. The molecule has 2 aromatic carbocycles. The predicted octanol–water partition coefficient (Wildman–Crippen LogP) is 3.81. The van der Waals surface area contributed by atoms with Gasteiger partial charge in [-0.05, 0) is 36.4 Å². The summed E-state index contributed by atoms with van der Waals surface area (Å²) in [5.74, 6) is 0.378. The van der Waals surface area contributed by atoms with E-state index in [4.69, 9.17) is 16.3 Å². The molecular formula is C20H17BrClN3O4. The maximum Gasteiger partial charge on any atom is 0.343 e. The van der Waals surface area contributed by atoms with Gasteiger partial charge in [0.25, 0.3) is 5.56 Å². The molecule has 0 spiro atoms. The fraction of sp³-hybridized carbons (Fsp3) is 0.200. The number of carbonyl (C=O) groups excluding carboxylic acids is 1. The topological polar surface area (TPSA) is 82.8 Å². The van der Waals surface area contributed by atoms with Crippen molar-refractivity contribution in [3.05, 3.63) is 67.6 Å². The van der Waals surface area contributed by atoms with E-state index in [0.717, 1.165) is 4.47 Å². The van der Waals surface area contributed by atoms with Crippen LogP contribution in [0.25, 0.3) is 10.9 Å². The van der Waals surface area contributed by atoms with Crippen LogP contribution < -0.4 is 10.3 Å². The number of hydrogen-bond donors (Lipinski definition) is 0. The molecule has 9 heteroatoms. The number of aromatic nitrogens is 2. The Bertz CT molecular complexity index is 1160. The van der Waals surface area contributed by atoms with E-state index in [1.54, 1.807) is 30.3 Å². The van der Waals surface area contributed by atoms with Crippen molar-refractivity contribution in [2.45, 2.75) is 13.3 Å². The maximum atomic E-state index is 13.0. The highest BCUT2D eigenvalue weighted by Crippen LogP contribution is 2.22. The lowest BCUT2D eigenvalue weighted by atomic mass is 10.2. The van der Waals surface area contributed by atoms with Gasteiger partial charge in [-0.3, -0.25) is 4.79 Å². The molecule has 0 N–H and O–H groups in total. The lowest BCUT2D eigenvalue weighted by Gasteiger charge is -2.10. The second-order valence-corrected chi connectivity index (χ2v) is 7.30. The van der Waals surface area contributed by atoms with Gasteiger partial charge in [0.15, 0.2) is 6.61 Å². The number of fused-ring (bicyclic) bond motifs is 1. The number of hydrogen-bond acceptors (Lipinski definition) is 6. The van der Waals surface area contributed by atoms with E-state index in [-0.39, 0.29) is 12.2 Å². The third-order valence-electron chi connectivity index (χ3n) is 4.05. The number of rotatable bonds is 6. The Morgan fingerprint density at radius 2 is 2.10 bits per heavy atom. The molecule has 0 aliphatic carbocycles. The van der Waals surface area contributed by atoms with Crippen LogP contribution in [0.15, 0.2) is 50.8 Å². The van der Waals surface area contributed by atoms with Gasteiger partial charge >= 0.3 is 5.97 Å². The smallest absolute Gasteiger partial charge is 0.343 e. The molecule has 1 aromatic heterocycles. The summed E-state index contributed by atoms with van der Waals surface area (Å²) in [5.41, 5.74) is 0.819. The summed E-state index contributed by atoms with van der Waals surface area (Å²) >= 11 is 9.45. The van der Waals surface area contributed by atoms with Crippen LogP contribution in [-0.2, 0) is 16.0 Å². The summed E-state index contributed by atoms with van der Waals surface area (Å²) in [7, 11) is 1.28. The van der Waals surface area contributed by atoms with Crippen molar-refractivity contribution in [1.82, 2.24) is 9.66 Å². The number of carbonyl (C=O) groups is 1. The second kappa shape index (κ2) is 9.19. The average Bonchev–Trinajstić information content (AvgIpc) is 2.72. The molecule has 0 saturated heterocycles. The minimum Gasteiger partial charge on any atom is -0.481 e. The number of nitrogens with zero attached hydrogens (tertiary/aromatic N) is 3. The average molecular weight is 479 g/mol. The summed E-state index contributed by atoms with van der Waals surface area (Å²) < 4.78 is 12.1. The van der Waals surface area contributed by atoms with Crippen molar-refractivity contribution in [2.75, 3.05) is 13.7 Å². The van der Waals surface area contributed by atoms with Crippen LogP contribution in [0.4, 0.5) is 0 Å². The SMILES string of the molecule is CCc1nc2ccc(Br)cc2c(=O)n1N=Cc1cc(Cl)ccc1OCC(=O)OC. The van der Waals surface area contributed by atoms with Crippen molar-refractivity contribution in [3.8, 4) is 5.75 Å². The Hall–Kier alpha value is -2.71. The van der Waals surface area contributed by atoms with Gasteiger partial charge in [-0.15, -0.1) is 0 Å². The van der Waals surface area contributed by atoms with Gasteiger partial charge in [0.2, 0.25) is 0 Å². The molecule has 29 heavy (non-hydrogen) atoms. The lowest BCUT2D eigenvalue weighted by molar-refractivity contribution is -0.142. The normalized spacial score (nSPS) is 11.2. The standard InChI is InChI=1S/C20H17BrClN3O4/c1-3-18-24-16-6-4-13(21)9-15(16)20(27)25(18)23-10-12-8-14(22)5-7-17(12)29-11-19(26)28-2/h4-10H,3,11H2,1-2H3. The summed E-state index contributed by atoms with van der Waals surface area (Å²) in [6.07, 6.45) is 1.96. The van der Waals surface area contributed by atoms with E-state index < -0.39 is 5.97 Å². The largest absolute Gasteiger partial charge is 0.481 e. The van der Waals surface area contributed by atoms with Crippen LogP contribution in [-0.4, -0.2) is 35.6 Å². The zero-order valence-corrected chi connectivity index (χ0v) is 18.0. The van der Waals surface area contributed by atoms with Crippen LogP contribution >= 0.6 is 27.5 Å². The zero-order valence-electron chi connectivity index (χ0n) is 15.7. The van der Waals surface area contributed by atoms with Gasteiger partial charge in [0.1, 0.15) is 11.6 Å². The fourth-order valence-electron chi connectivity index (χ4n) is 2.61. The molecule has 0 aliphatic rings. The molecule has 3 aromatic rings. The molecule has 1 heterocycles. The Labute approximate surface area is 180 Å². The number of esters is 1. The Morgan fingerprint density at radius 3 is 2.83 bits per heavy atom. The summed E-state index contributed by atoms with van der Waals surface area (Å²) in [4.78, 5) is 28.8. The van der Waals surface area contributed by atoms with E-state index in [2.05, 4.69) is 30.8 Å². The van der Waals surface area contributed by atoms with Crippen molar-refractivity contribution in [1.29, 1.82) is 0 Å². The first-order valence-corrected chi connectivity index (χ1v) is 9.84. The number of halogens is 2. The Morgan fingerprint density at radius 1 is 1.31 bits per heavy atom. The first-order chi connectivity index (χ1) is 13.9. The molecule has 0 bridgehead atoms. The van der Waals surface area contributed by atoms with Crippen molar-refractivity contribution < 1.29 is 14.3 Å². The van der Waals surface area contributed by atoms with Crippen molar-refractivity contribution >= 4 is 50.6 Å². The zero-order chi connectivity index (χ0) is 21.0. The van der Waals surface area contributed by atoms with Crippen molar-refractivity contribution in [3.63, 3.8) is 0 Å². The molecule has 150 valence electrons. The lowest BCUT2D eigenvalue weighted by Crippen LogP contribution is -2.22. The van der Waals surface area contributed by atoms with Gasteiger partial charge < -0.3 is 9.47 Å². The minimum atomic E-state index is -0.517. The van der Waals surface area contributed by atoms with E-state index in [1.807, 2.05) is 13.0 Å². The van der Waals surface area contributed by atoms with Gasteiger partial charge in [0.05, 0.1) is 24.2 Å². The summed E-state index contributed by atoms with van der Waals surface area (Å²) in [6, 6.07) is 10.2. The van der Waals surface area contributed by atoms with Crippen molar-refractivity contribution in [2.24, 2.45) is 5.10 Å². The molecule has 0 fully saturated rings. The van der Waals surface area contributed by atoms with Crippen LogP contribution in [0.2, 0.25) is 5.02 Å². The van der Waals surface area contributed by atoms with E-state index in [1.165, 1.54) is 18.0 Å². The molecule has 7 nitrogen and oxygen atoms in total. The third-order valence-corrected chi connectivity index (χ3v) is 4.78. The fourth-order valence-corrected chi connectivity index (χ4v) is 3.15. The monoisotopic (exact) mass is 477 g/mol. The maximum absolute atomic E-state index is 13.0. The van der Waals surface area contributed by atoms with Crippen LogP contribution in [0, 0.1) is 0 Å². The summed E-state index contributed by atoms with van der Waals surface area (Å²) in [5, 5.41) is 5.23. The molecule has 0 unspecified atom stereocenters. The van der Waals surface area contributed by atoms with Crippen LogP contribution in [0.3, 0.4) is 0 Å². The molecule has 0 aliphatic heterocycles. The Kier molecular flexibility index (Phi) is 6.66. The summed E-state index contributed by atoms with van der Waals surface area (Å²) in [6.45, 7) is 1.63. The van der Waals surface area contributed by atoms with Crippen LogP contribution in [0.5, 0.6) is 5.75 Å². The molecule has 0 radical (unpaired) electrons. The first kappa shape index (κ1) is 21.0. The Balaban J connectivity index is 2.04. The quantitative estimate of drug-likeness (QED) is 0.397. The highest BCUT2D eigenvalue weighted by Gasteiger charge is 2.11. The highest BCUT2D eigenvalue weighted by molar-refractivity contribution is 9.10. The van der Waals surface area contributed by atoms with Gasteiger partial charge in [0, 0.05) is 21.5 Å². The molecular weight excluding hydrogens is 462 g/mol. The second-order valence-electron chi connectivity index (χ2n) is 5.95. The number of aryl methyl sites for hydroxylation is 1. The molecule has 0 amide bonds. The van der Waals surface area contributed by atoms with E-state index >= 15 is 0 Å². The van der Waals surface area contributed by atoms with E-state index in [0.29, 0.717) is 39.5 Å². The number of benzene rings is 2. The number of methoxy groups -OCH3 is 1. The van der Waals surface area contributed by atoms with E-state index in [9.17, 15) is 9.59 Å². The molecule has 0 saturated carbocycles. The van der Waals surface area contributed by atoms with Crippen LogP contribution in [0.1, 0.15) is 18.3 Å². The molecule has 3 rings (SSSR count). The van der Waals surface area contributed by atoms with Gasteiger partial charge in [-0.25, -0.2) is 9.78 Å². The third kappa shape index (κ3) is 4.83. The van der Waals surface area contributed by atoms with Gasteiger partial charge in [-0.2, -0.15) is 9.78 Å². The minimum absolute atomic E-state index is 0.259. The first-order valence-electron chi connectivity index (χ1n) is 8.67. The van der Waals surface area contributed by atoms with Gasteiger partial charge in [-0.1, -0.05) is 34.5 Å². The highest BCUT2D eigenvalue weighted by atomic mass is 79.9. The molecule has 0 atom stereocenters.